The van der Waals surface area contributed by atoms with E-state index in [-0.39, 0.29) is 32.0 Å². The van der Waals surface area contributed by atoms with E-state index in [2.05, 4.69) is 111 Å². The van der Waals surface area contributed by atoms with Gasteiger partial charge in [-0.05, 0) is 96.3 Å². The lowest BCUT2D eigenvalue weighted by atomic mass is 10.0. The van der Waals surface area contributed by atoms with Crippen LogP contribution in [0.15, 0.2) is 97.2 Å². The number of hydrogen-bond acceptors (Lipinski definition) is 7. The molecule has 0 aliphatic carbocycles. The Kier molecular flexibility index (Phi) is 48.6. The fourth-order valence-electron chi connectivity index (χ4n) is 7.28. The Morgan fingerprint density at radius 1 is 0.457 bits per heavy atom. The van der Waals surface area contributed by atoms with Crippen molar-refractivity contribution in [3.8, 4) is 0 Å². The quantitative estimate of drug-likeness (QED) is 0.0211. The number of ether oxygens (including phenoxy) is 2. The molecule has 2 unspecified atom stereocenters. The molecule has 2 atom stereocenters. The molecule has 0 aromatic carbocycles. The van der Waals surface area contributed by atoms with E-state index in [1.165, 1.54) is 96.3 Å². The average Bonchev–Trinajstić information content (AvgIpc) is 3.32. The van der Waals surface area contributed by atoms with Crippen molar-refractivity contribution in [1.29, 1.82) is 0 Å². The van der Waals surface area contributed by atoms with Crippen molar-refractivity contribution in [2.75, 3.05) is 47.5 Å². The number of hydrogen-bond donors (Lipinski definition) is 1. The normalized spacial score (nSPS) is 14.1. The fourth-order valence-corrected chi connectivity index (χ4v) is 8.02. The predicted octanol–water partition coefficient (Wildman–Crippen LogP) is 17.3. The molecule has 0 spiro atoms. The molecule has 0 amide bonds. The third kappa shape index (κ3) is 54.3. The van der Waals surface area contributed by atoms with Crippen LogP contribution in [0.25, 0.3) is 0 Å². The zero-order valence-corrected chi connectivity index (χ0v) is 46.4. The van der Waals surface area contributed by atoms with Crippen LogP contribution in [-0.4, -0.2) is 74.9 Å². The standard InChI is InChI=1S/C60H104NO8P/c1-6-8-10-12-14-16-18-20-22-24-26-28-30-32-34-36-38-40-42-44-46-48-50-52-59(62)66-56-58(57-68-70(64,65)67-55-54-61(3,4)5)69-60(63)53-51-49-47-45-43-41-39-37-35-33-31-29-27-25-23-21-19-17-15-13-11-9-7-2/h9,11,15,17-18,20-21,23-24,26-27,29,33,35,39,41,58H,6-8,10,12-14,16,19,22,25,28,30-32,34,36-38,40,42-57H2,1-5H3/p+1/b11-9-,17-15-,20-18-,23-21-,26-24-,29-27-,35-33-,41-39-. The summed E-state index contributed by atoms with van der Waals surface area (Å²) in [7, 11) is 1.45. The van der Waals surface area contributed by atoms with Crippen LogP contribution in [0, 0.1) is 0 Å². The topological polar surface area (TPSA) is 108 Å². The van der Waals surface area contributed by atoms with Gasteiger partial charge in [-0.25, -0.2) is 4.57 Å². The molecule has 0 aromatic heterocycles. The van der Waals surface area contributed by atoms with Crippen LogP contribution in [-0.2, 0) is 32.7 Å². The van der Waals surface area contributed by atoms with Crippen molar-refractivity contribution in [3.63, 3.8) is 0 Å². The number of nitrogens with zero attached hydrogens (tertiary/aromatic N) is 1. The van der Waals surface area contributed by atoms with E-state index in [0.717, 1.165) is 89.9 Å². The molecule has 10 heteroatoms. The lowest BCUT2D eigenvalue weighted by Crippen LogP contribution is -2.37. The van der Waals surface area contributed by atoms with E-state index in [1.807, 2.05) is 21.1 Å². The van der Waals surface area contributed by atoms with Gasteiger partial charge in [-0.15, -0.1) is 0 Å². The summed E-state index contributed by atoms with van der Waals surface area (Å²) < 4.78 is 34.5. The smallest absolute Gasteiger partial charge is 0.462 e. The van der Waals surface area contributed by atoms with Gasteiger partial charge in [0.25, 0.3) is 0 Å². The largest absolute Gasteiger partial charge is 0.472 e. The molecule has 0 aromatic rings. The first-order valence-electron chi connectivity index (χ1n) is 28.0. The van der Waals surface area contributed by atoms with Crippen molar-refractivity contribution in [1.82, 2.24) is 0 Å². The van der Waals surface area contributed by atoms with Gasteiger partial charge in [0.15, 0.2) is 6.10 Å². The van der Waals surface area contributed by atoms with Crippen LogP contribution in [0.1, 0.15) is 219 Å². The van der Waals surface area contributed by atoms with E-state index >= 15 is 0 Å². The molecule has 0 fully saturated rings. The maximum absolute atomic E-state index is 12.8. The highest BCUT2D eigenvalue weighted by molar-refractivity contribution is 7.47. The molecule has 0 saturated carbocycles. The highest BCUT2D eigenvalue weighted by Gasteiger charge is 2.27. The molecule has 0 radical (unpaired) electrons. The van der Waals surface area contributed by atoms with Crippen molar-refractivity contribution in [2.24, 2.45) is 0 Å². The summed E-state index contributed by atoms with van der Waals surface area (Å²) in [6.07, 6.45) is 68.9. The zero-order valence-electron chi connectivity index (χ0n) is 45.5. The van der Waals surface area contributed by atoms with Gasteiger partial charge in [0.2, 0.25) is 0 Å². The number of rotatable bonds is 50. The molecule has 9 nitrogen and oxygen atoms in total. The summed E-state index contributed by atoms with van der Waals surface area (Å²) in [5.41, 5.74) is 0. The van der Waals surface area contributed by atoms with E-state index in [9.17, 15) is 19.0 Å². The number of esters is 2. The van der Waals surface area contributed by atoms with Crippen LogP contribution in [0.2, 0.25) is 0 Å². The summed E-state index contributed by atoms with van der Waals surface area (Å²) >= 11 is 0. The van der Waals surface area contributed by atoms with E-state index in [0.29, 0.717) is 17.4 Å². The number of phosphoric ester groups is 1. The van der Waals surface area contributed by atoms with Crippen molar-refractivity contribution < 1.29 is 42.1 Å². The molecular weight excluding hydrogens is 894 g/mol. The summed E-state index contributed by atoms with van der Waals surface area (Å²) in [5.74, 6) is -0.833. The monoisotopic (exact) mass is 999 g/mol. The summed E-state index contributed by atoms with van der Waals surface area (Å²) in [4.78, 5) is 35.7. The molecule has 0 heterocycles. The maximum Gasteiger partial charge on any atom is 0.472 e. The average molecular weight is 999 g/mol. The van der Waals surface area contributed by atoms with Crippen LogP contribution in [0.3, 0.4) is 0 Å². The number of carbonyl (C=O) groups is 2. The maximum atomic E-state index is 12.8. The third-order valence-corrected chi connectivity index (χ3v) is 12.6. The van der Waals surface area contributed by atoms with Crippen LogP contribution in [0.5, 0.6) is 0 Å². The Hall–Kier alpha value is -3.07. The van der Waals surface area contributed by atoms with Crippen molar-refractivity contribution in [2.45, 2.75) is 225 Å². The van der Waals surface area contributed by atoms with Gasteiger partial charge < -0.3 is 18.9 Å². The van der Waals surface area contributed by atoms with Gasteiger partial charge in [-0.1, -0.05) is 207 Å². The van der Waals surface area contributed by atoms with Gasteiger partial charge in [0.05, 0.1) is 27.7 Å². The first-order valence-corrected chi connectivity index (χ1v) is 29.5. The van der Waals surface area contributed by atoms with E-state index in [1.54, 1.807) is 0 Å². The van der Waals surface area contributed by atoms with Gasteiger partial charge in [-0.2, -0.15) is 0 Å². The van der Waals surface area contributed by atoms with E-state index < -0.39 is 26.5 Å². The SMILES string of the molecule is CC/C=C\C/C=C\C/C=C\C/C=C\C/C=C\C/C=C\CCCCCCC(=O)OC(COC(=O)CCCCCCCCCCCCC/C=C\C/C=C\CCCCCCC)COP(=O)(O)OCC[N+](C)(C)C. The fraction of sp³-hybridized carbons (Fsp3) is 0.700. The molecule has 0 rings (SSSR count). The molecule has 0 bridgehead atoms. The second kappa shape index (κ2) is 50.9. The number of unbranched alkanes of at least 4 members (excludes halogenated alkanes) is 20. The Labute approximate surface area is 430 Å². The van der Waals surface area contributed by atoms with E-state index in [4.69, 9.17) is 18.5 Å². The Morgan fingerprint density at radius 2 is 0.814 bits per heavy atom. The number of carbonyl (C=O) groups excluding carboxylic acids is 2. The molecule has 402 valence electrons. The molecule has 70 heavy (non-hydrogen) atoms. The minimum absolute atomic E-state index is 0.0209. The lowest BCUT2D eigenvalue weighted by Gasteiger charge is -2.24. The lowest BCUT2D eigenvalue weighted by molar-refractivity contribution is -0.870. The van der Waals surface area contributed by atoms with Gasteiger partial charge in [0, 0.05) is 12.8 Å². The van der Waals surface area contributed by atoms with Gasteiger partial charge >= 0.3 is 19.8 Å². The highest BCUT2D eigenvalue weighted by atomic mass is 31.2. The highest BCUT2D eigenvalue weighted by Crippen LogP contribution is 2.43. The number of allylic oxidation sites excluding steroid dienone is 16. The minimum Gasteiger partial charge on any atom is -0.462 e. The second-order valence-corrected chi connectivity index (χ2v) is 21.0. The minimum atomic E-state index is -4.40. The molecule has 0 aliphatic heterocycles. The predicted molar refractivity (Wildman–Crippen MR) is 298 cm³/mol. The van der Waals surface area contributed by atoms with Crippen LogP contribution >= 0.6 is 7.82 Å². The molecule has 1 N–H and O–H groups in total. The number of phosphoric acid groups is 1. The zero-order chi connectivity index (χ0) is 51.3. The summed E-state index contributed by atoms with van der Waals surface area (Å²) in [6, 6.07) is 0. The second-order valence-electron chi connectivity index (χ2n) is 19.6. The molecule has 0 saturated heterocycles. The summed E-state index contributed by atoms with van der Waals surface area (Å²) in [6.45, 7) is 4.27. The van der Waals surface area contributed by atoms with Crippen molar-refractivity contribution in [3.05, 3.63) is 97.2 Å². The third-order valence-electron chi connectivity index (χ3n) is 11.6. The van der Waals surface area contributed by atoms with Gasteiger partial charge in [0.1, 0.15) is 19.8 Å². The summed E-state index contributed by atoms with van der Waals surface area (Å²) in [5, 5.41) is 0. The number of quaternary nitrogens is 1. The Bertz CT molecular complexity index is 1500. The van der Waals surface area contributed by atoms with Crippen molar-refractivity contribution >= 4 is 19.8 Å². The Balaban J connectivity index is 4.28. The first kappa shape index (κ1) is 66.9. The van der Waals surface area contributed by atoms with Crippen LogP contribution in [0.4, 0.5) is 0 Å². The Morgan fingerprint density at radius 3 is 1.21 bits per heavy atom. The van der Waals surface area contributed by atoms with Crippen LogP contribution < -0.4 is 0 Å². The molecule has 0 aliphatic rings. The molecular formula is C60H105NO8P+. The van der Waals surface area contributed by atoms with Gasteiger partial charge in [-0.3, -0.25) is 18.6 Å². The first-order chi connectivity index (χ1) is 34.0. The number of likely N-dealkylation sites (N-methyl/N-ethyl adjacent to an activating group) is 1.